The van der Waals surface area contributed by atoms with Crippen molar-refractivity contribution in [3.05, 3.63) is 35.9 Å². The maximum absolute atomic E-state index is 13.3. The summed E-state index contributed by atoms with van der Waals surface area (Å²) in [5.74, 6) is 0.241. The minimum atomic E-state index is -0.628. The summed E-state index contributed by atoms with van der Waals surface area (Å²) in [4.78, 5) is 27.9. The van der Waals surface area contributed by atoms with E-state index in [1.54, 1.807) is 0 Å². The van der Waals surface area contributed by atoms with Crippen molar-refractivity contribution in [3.8, 4) is 0 Å². The van der Waals surface area contributed by atoms with Crippen molar-refractivity contribution in [2.45, 2.75) is 81.8 Å². The third-order valence-electron chi connectivity index (χ3n) is 6.39. The van der Waals surface area contributed by atoms with E-state index >= 15 is 0 Å². The van der Waals surface area contributed by atoms with Gasteiger partial charge in [0.1, 0.15) is 5.54 Å². The first kappa shape index (κ1) is 16.6. The lowest BCUT2D eigenvalue weighted by atomic mass is 9.74. The Bertz CT molecular complexity index is 631. The van der Waals surface area contributed by atoms with Crippen LogP contribution in [0.25, 0.3) is 0 Å². The predicted octanol–water partition coefficient (Wildman–Crippen LogP) is 3.72. The van der Waals surface area contributed by atoms with Gasteiger partial charge in [-0.25, -0.2) is 0 Å². The van der Waals surface area contributed by atoms with E-state index in [0.29, 0.717) is 12.5 Å². The molecule has 1 unspecified atom stereocenters. The van der Waals surface area contributed by atoms with E-state index in [0.717, 1.165) is 50.5 Å². The second-order valence-corrected chi connectivity index (χ2v) is 7.94. The van der Waals surface area contributed by atoms with Crippen LogP contribution in [0, 0.1) is 0 Å². The molecule has 0 spiro atoms. The first-order valence-electron chi connectivity index (χ1n) is 9.89. The molecule has 1 atom stereocenters. The molecule has 0 bridgehead atoms. The highest BCUT2D eigenvalue weighted by Gasteiger charge is 2.55. The summed E-state index contributed by atoms with van der Waals surface area (Å²) in [6.45, 7) is 0. The number of benzene rings is 1. The summed E-state index contributed by atoms with van der Waals surface area (Å²) in [6.07, 6.45) is 9.93. The van der Waals surface area contributed by atoms with Crippen LogP contribution in [0.5, 0.6) is 0 Å². The number of carbonyl (C=O) groups is 2. The number of nitrogens with zero attached hydrogens (tertiary/aromatic N) is 1. The summed E-state index contributed by atoms with van der Waals surface area (Å²) < 4.78 is 0. The van der Waals surface area contributed by atoms with Gasteiger partial charge in [-0.3, -0.25) is 9.59 Å². The summed E-state index contributed by atoms with van der Waals surface area (Å²) >= 11 is 0. The third kappa shape index (κ3) is 2.96. The monoisotopic (exact) mass is 340 g/mol. The average Bonchev–Trinajstić information content (AvgIpc) is 3.14. The fourth-order valence-electron chi connectivity index (χ4n) is 5.00. The normalized spacial score (nSPS) is 26.3. The molecular weight excluding hydrogens is 312 g/mol. The van der Waals surface area contributed by atoms with Gasteiger partial charge in [-0.1, -0.05) is 62.4 Å². The maximum atomic E-state index is 13.3. The van der Waals surface area contributed by atoms with Gasteiger partial charge in [-0.05, 0) is 31.2 Å². The minimum absolute atomic E-state index is 0.0566. The van der Waals surface area contributed by atoms with Crippen LogP contribution in [0.3, 0.4) is 0 Å². The first-order valence-corrected chi connectivity index (χ1v) is 9.89. The molecule has 1 N–H and O–H groups in total. The van der Waals surface area contributed by atoms with Crippen LogP contribution in [-0.2, 0) is 9.59 Å². The summed E-state index contributed by atoms with van der Waals surface area (Å²) in [7, 11) is 0. The maximum Gasteiger partial charge on any atom is 0.246 e. The zero-order chi connectivity index (χ0) is 17.3. The van der Waals surface area contributed by atoms with Crippen LogP contribution >= 0.6 is 0 Å². The second kappa shape index (κ2) is 6.81. The molecule has 1 saturated heterocycles. The molecule has 1 aliphatic heterocycles. The molecule has 1 heterocycles. The molecule has 3 aliphatic rings. The standard InChI is InChI=1S/C21H28N2O2/c24-19-15-18(16-9-3-1-4-10-16)23(19)21(13-7-2-8-14-21)20(25)22-17-11-5-6-12-17/h1,3-4,9-10,17-18H,2,5-8,11-15H2,(H,22,25). The smallest absolute Gasteiger partial charge is 0.246 e. The van der Waals surface area contributed by atoms with Crippen molar-refractivity contribution in [1.82, 2.24) is 10.2 Å². The lowest BCUT2D eigenvalue weighted by molar-refractivity contribution is -0.168. The fraction of sp³-hybridized carbons (Fsp3) is 0.619. The molecule has 0 radical (unpaired) electrons. The molecule has 25 heavy (non-hydrogen) atoms. The lowest BCUT2D eigenvalue weighted by Gasteiger charge is -2.54. The first-order chi connectivity index (χ1) is 12.2. The number of nitrogens with one attached hydrogen (secondary N) is 1. The van der Waals surface area contributed by atoms with E-state index in [4.69, 9.17) is 0 Å². The van der Waals surface area contributed by atoms with Crippen LogP contribution in [0.1, 0.15) is 75.8 Å². The molecule has 2 aliphatic carbocycles. The lowest BCUT2D eigenvalue weighted by Crippen LogP contribution is -2.67. The Morgan fingerprint density at radius 3 is 2.32 bits per heavy atom. The number of hydrogen-bond acceptors (Lipinski definition) is 2. The number of β-lactam (4-membered cyclic amide) rings is 1. The molecule has 2 saturated carbocycles. The van der Waals surface area contributed by atoms with E-state index in [1.165, 1.54) is 12.8 Å². The van der Waals surface area contributed by atoms with Crippen molar-refractivity contribution >= 4 is 11.8 Å². The Balaban J connectivity index is 1.61. The van der Waals surface area contributed by atoms with Crippen LogP contribution in [0.2, 0.25) is 0 Å². The number of likely N-dealkylation sites (tertiary alicyclic amines) is 1. The van der Waals surface area contributed by atoms with Gasteiger partial charge < -0.3 is 10.2 Å². The van der Waals surface area contributed by atoms with Crippen molar-refractivity contribution in [3.63, 3.8) is 0 Å². The largest absolute Gasteiger partial charge is 0.351 e. The van der Waals surface area contributed by atoms with E-state index in [9.17, 15) is 9.59 Å². The van der Waals surface area contributed by atoms with Gasteiger partial charge in [0.25, 0.3) is 0 Å². The molecular formula is C21H28N2O2. The molecule has 0 aromatic heterocycles. The highest BCUT2D eigenvalue weighted by Crippen LogP contribution is 2.46. The van der Waals surface area contributed by atoms with Crippen molar-refractivity contribution in [1.29, 1.82) is 0 Å². The van der Waals surface area contributed by atoms with Gasteiger partial charge in [-0.15, -0.1) is 0 Å². The highest BCUT2D eigenvalue weighted by atomic mass is 16.2. The van der Waals surface area contributed by atoms with Crippen molar-refractivity contribution in [2.24, 2.45) is 0 Å². The molecule has 3 fully saturated rings. The van der Waals surface area contributed by atoms with Gasteiger partial charge in [0.15, 0.2) is 0 Å². The third-order valence-corrected chi connectivity index (χ3v) is 6.39. The Hall–Kier alpha value is -1.84. The van der Waals surface area contributed by atoms with Gasteiger partial charge in [-0.2, -0.15) is 0 Å². The number of carbonyl (C=O) groups excluding carboxylic acids is 2. The van der Waals surface area contributed by atoms with E-state index in [2.05, 4.69) is 17.4 Å². The predicted molar refractivity (Wildman–Crippen MR) is 96.9 cm³/mol. The van der Waals surface area contributed by atoms with Crippen molar-refractivity contribution < 1.29 is 9.59 Å². The van der Waals surface area contributed by atoms with Crippen molar-refractivity contribution in [2.75, 3.05) is 0 Å². The number of hydrogen-bond donors (Lipinski definition) is 1. The van der Waals surface area contributed by atoms with E-state index < -0.39 is 5.54 Å². The Morgan fingerprint density at radius 1 is 1.00 bits per heavy atom. The van der Waals surface area contributed by atoms with E-state index in [-0.39, 0.29) is 17.9 Å². The highest BCUT2D eigenvalue weighted by molar-refractivity contribution is 5.95. The topological polar surface area (TPSA) is 49.4 Å². The summed E-state index contributed by atoms with van der Waals surface area (Å²) in [5.41, 5.74) is 0.525. The fourth-order valence-corrected chi connectivity index (χ4v) is 5.00. The number of rotatable bonds is 4. The average molecular weight is 340 g/mol. The van der Waals surface area contributed by atoms with Crippen LogP contribution < -0.4 is 5.32 Å². The molecule has 4 heteroatoms. The Kier molecular flexibility index (Phi) is 4.53. The van der Waals surface area contributed by atoms with Gasteiger partial charge in [0.05, 0.1) is 12.5 Å². The van der Waals surface area contributed by atoms with Gasteiger partial charge in [0, 0.05) is 6.04 Å². The summed E-state index contributed by atoms with van der Waals surface area (Å²) in [5, 5.41) is 3.30. The molecule has 4 rings (SSSR count). The minimum Gasteiger partial charge on any atom is -0.351 e. The SMILES string of the molecule is O=C1CC(c2ccccc2)N1C1(C(=O)NC2CCCC2)CCCCC1. The molecule has 134 valence electrons. The molecule has 2 amide bonds. The quantitative estimate of drug-likeness (QED) is 0.849. The van der Waals surface area contributed by atoms with Crippen LogP contribution in [-0.4, -0.2) is 28.3 Å². The second-order valence-electron chi connectivity index (χ2n) is 7.94. The van der Waals surface area contributed by atoms with Gasteiger partial charge >= 0.3 is 0 Å². The number of amides is 2. The molecule has 1 aromatic carbocycles. The van der Waals surface area contributed by atoms with Gasteiger partial charge in [0.2, 0.25) is 11.8 Å². The zero-order valence-corrected chi connectivity index (χ0v) is 14.9. The van der Waals surface area contributed by atoms with Crippen LogP contribution in [0.4, 0.5) is 0 Å². The Morgan fingerprint density at radius 2 is 1.68 bits per heavy atom. The molecule has 1 aromatic rings. The van der Waals surface area contributed by atoms with Crippen LogP contribution in [0.15, 0.2) is 30.3 Å². The molecule has 4 nitrogen and oxygen atoms in total. The summed E-state index contributed by atoms with van der Waals surface area (Å²) in [6, 6.07) is 10.5. The zero-order valence-electron chi connectivity index (χ0n) is 14.9. The van der Waals surface area contributed by atoms with E-state index in [1.807, 2.05) is 23.1 Å². The Labute approximate surface area is 150 Å².